The van der Waals surface area contributed by atoms with Gasteiger partial charge in [0.05, 0.1) is 0 Å². The van der Waals surface area contributed by atoms with Crippen molar-refractivity contribution in [3.05, 3.63) is 0 Å². The van der Waals surface area contributed by atoms with Crippen molar-refractivity contribution < 1.29 is 9.90 Å². The number of carbonyl (C=O) groups is 1. The van der Waals surface area contributed by atoms with Crippen molar-refractivity contribution in [1.29, 1.82) is 0 Å². The maximum absolute atomic E-state index is 11.9. The van der Waals surface area contributed by atoms with Crippen molar-refractivity contribution in [3.63, 3.8) is 0 Å². The Balaban J connectivity index is 2.41. The highest BCUT2D eigenvalue weighted by molar-refractivity contribution is 5.74. The Hall–Kier alpha value is -0.810. The highest BCUT2D eigenvalue weighted by Crippen LogP contribution is 2.28. The number of carbonyl (C=O) groups excluding carboxylic acids is 1. The zero-order valence-corrected chi connectivity index (χ0v) is 13.5. The summed E-state index contributed by atoms with van der Waals surface area (Å²) in [6, 6.07) is 0.0858. The molecule has 20 heavy (non-hydrogen) atoms. The Morgan fingerprint density at radius 1 is 1.30 bits per heavy atom. The average molecular weight is 285 g/mol. The van der Waals surface area contributed by atoms with Gasteiger partial charge in [-0.2, -0.15) is 0 Å². The quantitative estimate of drug-likeness (QED) is 0.620. The van der Waals surface area contributed by atoms with Gasteiger partial charge in [0, 0.05) is 30.3 Å². The molecular formula is C15H31N3O2. The van der Waals surface area contributed by atoms with Gasteiger partial charge in [-0.1, -0.05) is 6.92 Å². The fourth-order valence-corrected chi connectivity index (χ4v) is 3.25. The first kappa shape index (κ1) is 17.2. The Kier molecular flexibility index (Phi) is 5.83. The standard InChI is InChI=1S/C15H31N3O2/c1-11(6-7-19)10-16-13(20)17-12-8-14(2,3)18-15(4,5)9-12/h11-12,18-19H,6-10H2,1-5H3,(H2,16,17,20). The topological polar surface area (TPSA) is 73.4 Å². The number of urea groups is 1. The Morgan fingerprint density at radius 2 is 1.85 bits per heavy atom. The molecule has 1 heterocycles. The summed E-state index contributed by atoms with van der Waals surface area (Å²) in [5, 5.41) is 18.4. The van der Waals surface area contributed by atoms with Crippen molar-refractivity contribution in [2.24, 2.45) is 5.92 Å². The van der Waals surface area contributed by atoms with Gasteiger partial charge in [-0.05, 0) is 52.9 Å². The van der Waals surface area contributed by atoms with E-state index in [1.807, 2.05) is 6.92 Å². The molecule has 5 heteroatoms. The monoisotopic (exact) mass is 285 g/mol. The van der Waals surface area contributed by atoms with Crippen molar-refractivity contribution in [3.8, 4) is 0 Å². The minimum atomic E-state index is -0.103. The van der Waals surface area contributed by atoms with E-state index in [2.05, 4.69) is 43.6 Å². The van der Waals surface area contributed by atoms with E-state index in [-0.39, 0.29) is 29.8 Å². The largest absolute Gasteiger partial charge is 0.396 e. The van der Waals surface area contributed by atoms with E-state index >= 15 is 0 Å². The van der Waals surface area contributed by atoms with E-state index in [1.165, 1.54) is 0 Å². The van der Waals surface area contributed by atoms with Gasteiger partial charge in [0.1, 0.15) is 0 Å². The number of rotatable bonds is 5. The van der Waals surface area contributed by atoms with Crippen LogP contribution < -0.4 is 16.0 Å². The summed E-state index contributed by atoms with van der Waals surface area (Å²) in [6.07, 6.45) is 2.57. The number of nitrogens with one attached hydrogen (secondary N) is 3. The molecule has 1 atom stereocenters. The van der Waals surface area contributed by atoms with E-state index in [1.54, 1.807) is 0 Å². The zero-order chi connectivity index (χ0) is 15.4. The molecule has 0 bridgehead atoms. The molecule has 0 radical (unpaired) electrons. The van der Waals surface area contributed by atoms with Crippen LogP contribution in [0.1, 0.15) is 53.9 Å². The summed E-state index contributed by atoms with van der Waals surface area (Å²) in [6.45, 7) is 11.5. The predicted molar refractivity (Wildman–Crippen MR) is 81.7 cm³/mol. The van der Waals surface area contributed by atoms with Crippen molar-refractivity contribution >= 4 is 6.03 Å². The van der Waals surface area contributed by atoms with Gasteiger partial charge in [-0.25, -0.2) is 4.79 Å². The number of piperidine rings is 1. The van der Waals surface area contributed by atoms with Crippen LogP contribution in [0.2, 0.25) is 0 Å². The first-order valence-electron chi connectivity index (χ1n) is 7.58. The van der Waals surface area contributed by atoms with E-state index in [0.29, 0.717) is 18.9 Å². The maximum atomic E-state index is 11.9. The smallest absolute Gasteiger partial charge is 0.315 e. The summed E-state index contributed by atoms with van der Waals surface area (Å²) >= 11 is 0. The predicted octanol–water partition coefficient (Wildman–Crippen LogP) is 1.61. The van der Waals surface area contributed by atoms with E-state index in [9.17, 15) is 4.79 Å². The normalized spacial score (nSPS) is 23.1. The lowest BCUT2D eigenvalue weighted by Crippen LogP contribution is -2.62. The summed E-state index contributed by atoms with van der Waals surface area (Å²) in [4.78, 5) is 11.9. The van der Waals surface area contributed by atoms with Gasteiger partial charge in [-0.3, -0.25) is 0 Å². The fraction of sp³-hybridized carbons (Fsp3) is 0.933. The lowest BCUT2D eigenvalue weighted by atomic mass is 9.80. The van der Waals surface area contributed by atoms with Gasteiger partial charge in [-0.15, -0.1) is 0 Å². The minimum Gasteiger partial charge on any atom is -0.396 e. The molecule has 1 unspecified atom stereocenters. The summed E-state index contributed by atoms with van der Waals surface area (Å²) in [5.74, 6) is 0.298. The highest BCUT2D eigenvalue weighted by atomic mass is 16.3. The molecule has 1 fully saturated rings. The molecule has 4 N–H and O–H groups in total. The lowest BCUT2D eigenvalue weighted by molar-refractivity contribution is 0.147. The van der Waals surface area contributed by atoms with Crippen LogP contribution in [0.4, 0.5) is 4.79 Å². The third-order valence-corrected chi connectivity index (χ3v) is 3.76. The number of amides is 2. The number of aliphatic hydroxyl groups excluding tert-OH is 1. The second kappa shape index (κ2) is 6.76. The maximum Gasteiger partial charge on any atom is 0.315 e. The van der Waals surface area contributed by atoms with Crippen LogP contribution in [0, 0.1) is 5.92 Å². The van der Waals surface area contributed by atoms with Crippen LogP contribution in [0.5, 0.6) is 0 Å². The third-order valence-electron chi connectivity index (χ3n) is 3.76. The molecule has 1 saturated heterocycles. The molecule has 2 amide bonds. The SMILES string of the molecule is CC(CCO)CNC(=O)NC1CC(C)(C)NC(C)(C)C1. The Labute approximate surface area is 122 Å². The molecule has 0 saturated carbocycles. The number of hydrogen-bond acceptors (Lipinski definition) is 3. The van der Waals surface area contributed by atoms with Crippen LogP contribution in [0.25, 0.3) is 0 Å². The van der Waals surface area contributed by atoms with Crippen molar-refractivity contribution in [2.45, 2.75) is 71.0 Å². The first-order chi connectivity index (χ1) is 9.13. The van der Waals surface area contributed by atoms with Gasteiger partial charge < -0.3 is 21.1 Å². The molecule has 0 spiro atoms. The van der Waals surface area contributed by atoms with Crippen LogP contribution in [-0.4, -0.2) is 41.4 Å². The van der Waals surface area contributed by atoms with Crippen LogP contribution in [0.15, 0.2) is 0 Å². The van der Waals surface area contributed by atoms with Gasteiger partial charge in [0.15, 0.2) is 0 Å². The highest BCUT2D eigenvalue weighted by Gasteiger charge is 2.38. The minimum absolute atomic E-state index is 0.0316. The van der Waals surface area contributed by atoms with E-state index < -0.39 is 0 Å². The van der Waals surface area contributed by atoms with Gasteiger partial charge >= 0.3 is 6.03 Å². The molecule has 118 valence electrons. The van der Waals surface area contributed by atoms with E-state index in [0.717, 1.165) is 12.8 Å². The molecule has 0 aromatic carbocycles. The summed E-state index contributed by atoms with van der Waals surface area (Å²) in [7, 11) is 0. The Bertz CT molecular complexity index is 313. The van der Waals surface area contributed by atoms with Crippen LogP contribution in [-0.2, 0) is 0 Å². The van der Waals surface area contributed by atoms with Gasteiger partial charge in [0.25, 0.3) is 0 Å². The first-order valence-corrected chi connectivity index (χ1v) is 7.58. The molecule has 0 aromatic heterocycles. The number of hydrogen-bond donors (Lipinski definition) is 4. The van der Waals surface area contributed by atoms with E-state index in [4.69, 9.17) is 5.11 Å². The molecule has 0 aliphatic carbocycles. The third kappa shape index (κ3) is 6.09. The molecule has 1 aliphatic rings. The van der Waals surface area contributed by atoms with Crippen LogP contribution >= 0.6 is 0 Å². The van der Waals surface area contributed by atoms with Crippen molar-refractivity contribution in [1.82, 2.24) is 16.0 Å². The lowest BCUT2D eigenvalue weighted by Gasteiger charge is -2.46. The molecule has 1 rings (SSSR count). The summed E-state index contributed by atoms with van der Waals surface area (Å²) in [5.41, 5.74) is 0.0632. The fourth-order valence-electron chi connectivity index (χ4n) is 3.25. The molecular weight excluding hydrogens is 254 g/mol. The second-order valence-electron chi connectivity index (χ2n) is 7.47. The van der Waals surface area contributed by atoms with Gasteiger partial charge in [0.2, 0.25) is 0 Å². The van der Waals surface area contributed by atoms with Crippen LogP contribution in [0.3, 0.4) is 0 Å². The molecule has 0 aromatic rings. The molecule has 1 aliphatic heterocycles. The summed E-state index contributed by atoms with van der Waals surface area (Å²) < 4.78 is 0. The molecule has 5 nitrogen and oxygen atoms in total. The Morgan fingerprint density at radius 3 is 2.35 bits per heavy atom. The number of aliphatic hydroxyl groups is 1. The zero-order valence-electron chi connectivity index (χ0n) is 13.5. The average Bonchev–Trinajstić information content (AvgIpc) is 2.22. The van der Waals surface area contributed by atoms with Crippen molar-refractivity contribution in [2.75, 3.05) is 13.2 Å². The second-order valence-corrected chi connectivity index (χ2v) is 7.47.